The van der Waals surface area contributed by atoms with E-state index in [2.05, 4.69) is 20.9 Å². The van der Waals surface area contributed by atoms with Crippen LogP contribution in [0.5, 0.6) is 0 Å². The van der Waals surface area contributed by atoms with E-state index in [4.69, 9.17) is 5.11 Å². The predicted molar refractivity (Wildman–Crippen MR) is 60.8 cm³/mol. The van der Waals surface area contributed by atoms with Crippen LogP contribution >= 0.6 is 15.9 Å². The molecule has 0 saturated heterocycles. The average molecular weight is 284 g/mol. The van der Waals surface area contributed by atoms with E-state index in [0.29, 0.717) is 15.6 Å². The number of aromatic amines is 1. The highest BCUT2D eigenvalue weighted by molar-refractivity contribution is 9.10. The van der Waals surface area contributed by atoms with Crippen LogP contribution in [0.2, 0.25) is 0 Å². The van der Waals surface area contributed by atoms with Crippen LogP contribution < -0.4 is 0 Å². The van der Waals surface area contributed by atoms with Gasteiger partial charge in [-0.2, -0.15) is 0 Å². The minimum atomic E-state index is -1.07. The molecule has 1 heterocycles. The van der Waals surface area contributed by atoms with Crippen molar-refractivity contribution in [2.45, 2.75) is 0 Å². The molecule has 0 atom stereocenters. The summed E-state index contributed by atoms with van der Waals surface area (Å²) in [5.41, 5.74) is 0.888. The van der Waals surface area contributed by atoms with Gasteiger partial charge in [-0.1, -0.05) is 22.0 Å². The number of aromatic carboxylic acids is 1. The van der Waals surface area contributed by atoms with Crippen molar-refractivity contribution in [2.75, 3.05) is 0 Å². The van der Waals surface area contributed by atoms with Gasteiger partial charge in [0, 0.05) is 21.8 Å². The van der Waals surface area contributed by atoms with Crippen molar-refractivity contribution < 1.29 is 14.3 Å². The third kappa shape index (κ3) is 1.86. The molecular formula is C11H7BrFNO2. The number of aromatic nitrogens is 1. The molecule has 2 aromatic rings. The number of rotatable bonds is 2. The summed E-state index contributed by atoms with van der Waals surface area (Å²) in [6, 6.07) is 6.00. The first-order chi connectivity index (χ1) is 7.59. The highest BCUT2D eigenvalue weighted by Crippen LogP contribution is 2.31. The smallest absolute Gasteiger partial charge is 0.352 e. The molecule has 3 nitrogen and oxygen atoms in total. The topological polar surface area (TPSA) is 53.1 Å². The number of hydrogen-bond donors (Lipinski definition) is 2. The second-order valence-electron chi connectivity index (χ2n) is 3.20. The number of nitrogens with one attached hydrogen (secondary N) is 1. The van der Waals surface area contributed by atoms with Gasteiger partial charge in [0.25, 0.3) is 0 Å². The number of carboxylic acids is 1. The number of carbonyl (C=O) groups is 1. The first-order valence-electron chi connectivity index (χ1n) is 4.45. The highest BCUT2D eigenvalue weighted by Gasteiger charge is 2.13. The fourth-order valence-electron chi connectivity index (χ4n) is 1.44. The van der Waals surface area contributed by atoms with Crippen LogP contribution in [0.3, 0.4) is 0 Å². The molecule has 0 aliphatic carbocycles. The molecular weight excluding hydrogens is 277 g/mol. The highest BCUT2D eigenvalue weighted by atomic mass is 79.9. The lowest BCUT2D eigenvalue weighted by atomic mass is 10.1. The van der Waals surface area contributed by atoms with Crippen LogP contribution in [0.25, 0.3) is 11.1 Å². The molecule has 0 aliphatic rings. The van der Waals surface area contributed by atoms with Crippen molar-refractivity contribution in [3.63, 3.8) is 0 Å². The van der Waals surface area contributed by atoms with Crippen molar-refractivity contribution >= 4 is 21.9 Å². The summed E-state index contributed by atoms with van der Waals surface area (Å²) in [4.78, 5) is 13.2. The van der Waals surface area contributed by atoms with Gasteiger partial charge in [0.15, 0.2) is 0 Å². The van der Waals surface area contributed by atoms with Crippen LogP contribution in [0.1, 0.15) is 10.5 Å². The van der Waals surface area contributed by atoms with Crippen LogP contribution in [-0.4, -0.2) is 16.1 Å². The molecule has 0 radical (unpaired) electrons. The van der Waals surface area contributed by atoms with E-state index in [1.807, 2.05) is 0 Å². The molecule has 0 bridgehead atoms. The van der Waals surface area contributed by atoms with E-state index in [0.717, 1.165) is 0 Å². The average Bonchev–Trinajstić information content (AvgIpc) is 2.66. The molecule has 0 aliphatic heterocycles. The molecule has 2 N–H and O–H groups in total. The normalized spacial score (nSPS) is 10.4. The number of halogens is 2. The van der Waals surface area contributed by atoms with Gasteiger partial charge in [-0.3, -0.25) is 0 Å². The summed E-state index contributed by atoms with van der Waals surface area (Å²) >= 11 is 3.23. The van der Waals surface area contributed by atoms with Crippen molar-refractivity contribution in [1.82, 2.24) is 4.98 Å². The second kappa shape index (κ2) is 4.09. The van der Waals surface area contributed by atoms with E-state index >= 15 is 0 Å². The number of H-pyrrole nitrogens is 1. The van der Waals surface area contributed by atoms with Gasteiger partial charge >= 0.3 is 5.97 Å². The van der Waals surface area contributed by atoms with E-state index < -0.39 is 11.8 Å². The number of carboxylic acid groups (broad SMARTS) is 1. The molecule has 82 valence electrons. The van der Waals surface area contributed by atoms with Gasteiger partial charge in [-0.05, 0) is 18.2 Å². The Hall–Kier alpha value is -1.62. The summed E-state index contributed by atoms with van der Waals surface area (Å²) in [5, 5.41) is 8.75. The molecule has 2 rings (SSSR count). The van der Waals surface area contributed by atoms with E-state index in [-0.39, 0.29) is 5.69 Å². The molecule has 1 aromatic carbocycles. The first kappa shape index (κ1) is 10.9. The van der Waals surface area contributed by atoms with Crippen LogP contribution in [0, 0.1) is 5.82 Å². The summed E-state index contributed by atoms with van der Waals surface area (Å²) in [7, 11) is 0. The lowest BCUT2D eigenvalue weighted by Gasteiger charge is -2.02. The zero-order valence-corrected chi connectivity index (χ0v) is 9.58. The molecule has 0 amide bonds. The van der Waals surface area contributed by atoms with Gasteiger partial charge in [0.1, 0.15) is 11.5 Å². The van der Waals surface area contributed by atoms with Gasteiger partial charge in [0.05, 0.1) is 0 Å². The monoisotopic (exact) mass is 283 g/mol. The van der Waals surface area contributed by atoms with Gasteiger partial charge in [0.2, 0.25) is 0 Å². The standard InChI is InChI=1S/C11H7BrFNO2/c12-7-2-1-3-8(13)10(7)6-4-9(11(15)16)14-5-6/h1-5,14H,(H,15,16). The summed E-state index contributed by atoms with van der Waals surface area (Å²) in [5.74, 6) is -1.47. The maximum atomic E-state index is 13.6. The molecule has 0 fully saturated rings. The number of benzene rings is 1. The Morgan fingerprint density at radius 2 is 2.19 bits per heavy atom. The summed E-state index contributed by atoms with van der Waals surface area (Å²) < 4.78 is 14.1. The van der Waals surface area contributed by atoms with Crippen molar-refractivity contribution in [3.8, 4) is 11.1 Å². The van der Waals surface area contributed by atoms with Crippen LogP contribution in [-0.2, 0) is 0 Å². The predicted octanol–water partition coefficient (Wildman–Crippen LogP) is 3.28. The maximum absolute atomic E-state index is 13.6. The fraction of sp³-hybridized carbons (Fsp3) is 0. The van der Waals surface area contributed by atoms with Crippen LogP contribution in [0.4, 0.5) is 4.39 Å². The molecule has 0 saturated carbocycles. The summed E-state index contributed by atoms with van der Waals surface area (Å²) in [6.45, 7) is 0. The number of hydrogen-bond acceptors (Lipinski definition) is 1. The van der Waals surface area contributed by atoms with Gasteiger partial charge in [-0.25, -0.2) is 9.18 Å². The Balaban J connectivity index is 2.54. The van der Waals surface area contributed by atoms with Crippen molar-refractivity contribution in [2.24, 2.45) is 0 Å². The van der Waals surface area contributed by atoms with Gasteiger partial charge in [-0.15, -0.1) is 0 Å². The SMILES string of the molecule is O=C(O)c1cc(-c2c(F)cccc2Br)c[nH]1. The zero-order valence-electron chi connectivity index (χ0n) is 8.00. The van der Waals surface area contributed by atoms with E-state index in [9.17, 15) is 9.18 Å². The Morgan fingerprint density at radius 1 is 1.44 bits per heavy atom. The molecule has 0 spiro atoms. The lowest BCUT2D eigenvalue weighted by molar-refractivity contribution is 0.0691. The fourth-order valence-corrected chi connectivity index (χ4v) is 2.01. The van der Waals surface area contributed by atoms with Gasteiger partial charge < -0.3 is 10.1 Å². The third-order valence-corrected chi connectivity index (χ3v) is 2.83. The quantitative estimate of drug-likeness (QED) is 0.889. The minimum Gasteiger partial charge on any atom is -0.477 e. The molecule has 1 aromatic heterocycles. The maximum Gasteiger partial charge on any atom is 0.352 e. The van der Waals surface area contributed by atoms with E-state index in [1.165, 1.54) is 18.3 Å². The second-order valence-corrected chi connectivity index (χ2v) is 4.06. The van der Waals surface area contributed by atoms with Crippen LogP contribution in [0.15, 0.2) is 34.9 Å². The van der Waals surface area contributed by atoms with Crippen molar-refractivity contribution in [1.29, 1.82) is 0 Å². The Kier molecular flexibility index (Phi) is 2.78. The zero-order chi connectivity index (χ0) is 11.7. The third-order valence-electron chi connectivity index (χ3n) is 2.16. The largest absolute Gasteiger partial charge is 0.477 e. The Morgan fingerprint density at radius 3 is 2.75 bits per heavy atom. The molecule has 0 unspecified atom stereocenters. The lowest BCUT2D eigenvalue weighted by Crippen LogP contribution is -1.94. The Labute approximate surface area is 99.1 Å². The first-order valence-corrected chi connectivity index (χ1v) is 5.25. The van der Waals surface area contributed by atoms with E-state index in [1.54, 1.807) is 12.1 Å². The summed E-state index contributed by atoms with van der Waals surface area (Å²) in [6.07, 6.45) is 1.46. The Bertz CT molecular complexity index is 530. The van der Waals surface area contributed by atoms with Crippen molar-refractivity contribution in [3.05, 3.63) is 46.4 Å². The molecule has 5 heteroatoms. The minimum absolute atomic E-state index is 0.0325. The molecule has 16 heavy (non-hydrogen) atoms.